The number of hydrogen-bond acceptors (Lipinski definition) is 7. The van der Waals surface area contributed by atoms with Crippen molar-refractivity contribution in [3.8, 4) is 11.3 Å². The van der Waals surface area contributed by atoms with Crippen LogP contribution in [0.3, 0.4) is 0 Å². The van der Waals surface area contributed by atoms with Gasteiger partial charge in [0.1, 0.15) is 12.9 Å². The minimum Gasteiger partial charge on any atom is -0.315 e. The molecule has 3 aromatic rings. The first-order valence-corrected chi connectivity index (χ1v) is 13.5. The van der Waals surface area contributed by atoms with E-state index in [1.807, 2.05) is 25.1 Å². The second-order valence-corrected chi connectivity index (χ2v) is 11.3. The number of hydrogen-bond donors (Lipinski definition) is 1. The topological polar surface area (TPSA) is 81.7 Å². The summed E-state index contributed by atoms with van der Waals surface area (Å²) < 4.78 is 0.934. The first-order chi connectivity index (χ1) is 17.2. The number of likely N-dealkylation sites (N-methyl/N-ethyl adjacent to an activating group) is 1. The molecule has 1 aromatic carbocycles. The molecule has 0 radical (unpaired) electrons. The fraction of sp³-hybridized carbons (Fsp3) is 0.462. The highest BCUT2D eigenvalue weighted by Gasteiger charge is 2.35. The van der Waals surface area contributed by atoms with Crippen LogP contribution in [0, 0.1) is 6.92 Å². The van der Waals surface area contributed by atoms with Gasteiger partial charge in [0.05, 0.1) is 22.5 Å². The molecule has 2 aliphatic rings. The number of benzene rings is 1. The molecule has 0 unspecified atom stereocenters. The van der Waals surface area contributed by atoms with Gasteiger partial charge in [0.25, 0.3) is 5.91 Å². The molecule has 2 fully saturated rings. The van der Waals surface area contributed by atoms with Gasteiger partial charge < -0.3 is 10.2 Å². The Morgan fingerprint density at radius 1 is 1.17 bits per heavy atom. The molecule has 36 heavy (non-hydrogen) atoms. The molecule has 8 nitrogen and oxygen atoms in total. The van der Waals surface area contributed by atoms with Crippen molar-refractivity contribution in [2.24, 2.45) is 0 Å². The third kappa shape index (κ3) is 4.72. The van der Waals surface area contributed by atoms with Crippen LogP contribution in [0.5, 0.6) is 0 Å². The van der Waals surface area contributed by atoms with Gasteiger partial charge >= 0.3 is 6.03 Å². The van der Waals surface area contributed by atoms with E-state index < -0.39 is 0 Å². The minimum absolute atomic E-state index is 0.138. The molecule has 10 heteroatoms. The lowest BCUT2D eigenvalue weighted by Gasteiger charge is -2.38. The number of nitrogens with zero attached hydrogens (tertiary/aromatic N) is 5. The Balaban J connectivity index is 1.52. The van der Waals surface area contributed by atoms with E-state index >= 15 is 0 Å². The number of fused-ring (bicyclic) bond motifs is 1. The Kier molecular flexibility index (Phi) is 7.00. The van der Waals surface area contributed by atoms with E-state index in [-0.39, 0.29) is 25.0 Å². The molecule has 0 saturated carbocycles. The zero-order valence-corrected chi connectivity index (χ0v) is 22.6. The molecule has 0 spiro atoms. The van der Waals surface area contributed by atoms with Crippen molar-refractivity contribution in [3.05, 3.63) is 45.6 Å². The molecular weight excluding hydrogens is 496 g/mol. The van der Waals surface area contributed by atoms with Gasteiger partial charge in [0.15, 0.2) is 0 Å². The largest absolute Gasteiger partial charge is 0.327 e. The van der Waals surface area contributed by atoms with Gasteiger partial charge in [-0.25, -0.2) is 14.8 Å². The number of rotatable bonds is 6. The van der Waals surface area contributed by atoms with E-state index in [1.54, 1.807) is 11.2 Å². The van der Waals surface area contributed by atoms with Crippen LogP contribution in [0.1, 0.15) is 36.8 Å². The number of carbonyl (C=O) groups is 2. The number of aromatic nitrogens is 2. The maximum atomic E-state index is 12.6. The summed E-state index contributed by atoms with van der Waals surface area (Å²) in [4.78, 5) is 40.5. The van der Waals surface area contributed by atoms with Gasteiger partial charge in [-0.3, -0.25) is 14.6 Å². The Labute approximate surface area is 220 Å². The molecule has 0 bridgehead atoms. The Bertz CT molecular complexity index is 1330. The lowest BCUT2D eigenvalue weighted by Crippen LogP contribution is -2.53. The summed E-state index contributed by atoms with van der Waals surface area (Å²) in [5, 5.41) is 4.22. The SMILES string of the molecule is CCN1CC(=O)N(Cc2cc3ncnc(-c4cc(Cl)cc(C)c4CN4C[C@@H](C)NC[C@@H]4C)c3s2)C1=O. The second kappa shape index (κ2) is 10.0. The third-order valence-corrected chi connectivity index (χ3v) is 8.47. The molecule has 2 saturated heterocycles. The summed E-state index contributed by atoms with van der Waals surface area (Å²) in [6.07, 6.45) is 1.58. The van der Waals surface area contributed by atoms with Crippen molar-refractivity contribution in [1.29, 1.82) is 0 Å². The molecule has 4 heterocycles. The number of urea groups is 1. The van der Waals surface area contributed by atoms with Gasteiger partial charge in [0, 0.05) is 53.7 Å². The molecule has 2 aliphatic heterocycles. The number of carbonyl (C=O) groups excluding carboxylic acids is 2. The fourth-order valence-electron chi connectivity index (χ4n) is 5.04. The van der Waals surface area contributed by atoms with Gasteiger partial charge in [0.2, 0.25) is 0 Å². The van der Waals surface area contributed by atoms with E-state index in [2.05, 4.69) is 36.0 Å². The lowest BCUT2D eigenvalue weighted by molar-refractivity contribution is -0.125. The number of amides is 3. The number of nitrogens with one attached hydrogen (secondary N) is 1. The molecule has 5 rings (SSSR count). The molecule has 2 atom stereocenters. The van der Waals surface area contributed by atoms with Crippen LogP contribution in [-0.4, -0.2) is 74.9 Å². The highest BCUT2D eigenvalue weighted by Crippen LogP contribution is 2.37. The van der Waals surface area contributed by atoms with Crippen LogP contribution < -0.4 is 5.32 Å². The van der Waals surface area contributed by atoms with Crippen LogP contribution in [0.2, 0.25) is 5.02 Å². The molecular formula is C26H31ClN6O2S. The summed E-state index contributed by atoms with van der Waals surface area (Å²) in [5.41, 5.74) is 4.98. The summed E-state index contributed by atoms with van der Waals surface area (Å²) in [7, 11) is 0. The summed E-state index contributed by atoms with van der Waals surface area (Å²) in [6, 6.07) is 6.58. The van der Waals surface area contributed by atoms with Gasteiger partial charge in [-0.05, 0) is 57.0 Å². The van der Waals surface area contributed by atoms with Crippen LogP contribution in [0.4, 0.5) is 4.79 Å². The molecule has 0 aliphatic carbocycles. The number of piperazine rings is 1. The average Bonchev–Trinajstić information content (AvgIpc) is 3.38. The highest BCUT2D eigenvalue weighted by molar-refractivity contribution is 7.19. The minimum atomic E-state index is -0.238. The summed E-state index contributed by atoms with van der Waals surface area (Å²) >= 11 is 8.08. The monoisotopic (exact) mass is 526 g/mol. The molecule has 1 N–H and O–H groups in total. The van der Waals surface area contributed by atoms with Crippen LogP contribution in [-0.2, 0) is 17.9 Å². The van der Waals surface area contributed by atoms with E-state index in [1.165, 1.54) is 21.8 Å². The fourth-order valence-corrected chi connectivity index (χ4v) is 6.42. The maximum Gasteiger partial charge on any atom is 0.327 e. The normalized spacial score (nSPS) is 21.2. The van der Waals surface area contributed by atoms with E-state index in [9.17, 15) is 9.59 Å². The number of halogens is 1. The highest BCUT2D eigenvalue weighted by atomic mass is 35.5. The van der Waals surface area contributed by atoms with E-state index in [0.29, 0.717) is 23.7 Å². The van der Waals surface area contributed by atoms with Crippen LogP contribution in [0.25, 0.3) is 21.5 Å². The number of aryl methyl sites for hydroxylation is 1. The zero-order valence-electron chi connectivity index (χ0n) is 21.0. The standard InChI is InChI=1S/C26H31ClN6O2S/c1-5-31-13-23(34)33(26(31)35)11-19-8-22-25(36-19)24(30-14-29-22)20-7-18(27)6-15(2)21(20)12-32-10-16(3)28-9-17(32)4/h6-8,14,16-17,28H,5,9-13H2,1-4H3/t16-,17+/m1/s1. The first kappa shape index (κ1) is 25.1. The zero-order chi connectivity index (χ0) is 25.6. The summed E-state index contributed by atoms with van der Waals surface area (Å²) in [6.45, 7) is 12.1. The van der Waals surface area contributed by atoms with Crippen LogP contribution in [0.15, 0.2) is 24.5 Å². The van der Waals surface area contributed by atoms with Crippen molar-refractivity contribution in [2.75, 3.05) is 26.2 Å². The quantitative estimate of drug-likeness (QED) is 0.483. The Morgan fingerprint density at radius 2 is 1.97 bits per heavy atom. The second-order valence-electron chi connectivity index (χ2n) is 9.76. The molecule has 190 valence electrons. The lowest BCUT2D eigenvalue weighted by atomic mass is 9.97. The van der Waals surface area contributed by atoms with Crippen molar-refractivity contribution in [1.82, 2.24) is 30.0 Å². The Morgan fingerprint density at radius 3 is 2.72 bits per heavy atom. The molecule has 3 amide bonds. The van der Waals surface area contributed by atoms with Crippen LogP contribution >= 0.6 is 22.9 Å². The van der Waals surface area contributed by atoms with Gasteiger partial charge in [-0.2, -0.15) is 0 Å². The predicted octanol–water partition coefficient (Wildman–Crippen LogP) is 4.29. The smallest absolute Gasteiger partial charge is 0.315 e. The predicted molar refractivity (Wildman–Crippen MR) is 143 cm³/mol. The van der Waals surface area contributed by atoms with Crippen molar-refractivity contribution in [2.45, 2.75) is 52.9 Å². The Hall–Kier alpha value is -2.59. The summed E-state index contributed by atoms with van der Waals surface area (Å²) in [5.74, 6) is -0.169. The third-order valence-electron chi connectivity index (χ3n) is 7.13. The number of imide groups is 1. The van der Waals surface area contributed by atoms with Gasteiger partial charge in [-0.15, -0.1) is 11.3 Å². The first-order valence-electron chi connectivity index (χ1n) is 12.3. The van der Waals surface area contributed by atoms with E-state index in [0.717, 1.165) is 51.5 Å². The number of thiophene rings is 1. The average molecular weight is 527 g/mol. The molecule has 2 aromatic heterocycles. The van der Waals surface area contributed by atoms with Crippen molar-refractivity contribution in [3.63, 3.8) is 0 Å². The maximum absolute atomic E-state index is 12.6. The van der Waals surface area contributed by atoms with E-state index in [4.69, 9.17) is 16.6 Å². The van der Waals surface area contributed by atoms with Crippen molar-refractivity contribution >= 4 is 45.1 Å². The van der Waals surface area contributed by atoms with Crippen molar-refractivity contribution < 1.29 is 9.59 Å². The van der Waals surface area contributed by atoms with Gasteiger partial charge in [-0.1, -0.05) is 11.6 Å².